The van der Waals surface area contributed by atoms with Crippen LogP contribution in [0.1, 0.15) is 43.2 Å². The number of esters is 1. The molecule has 246 valence electrons. The lowest BCUT2D eigenvalue weighted by Gasteiger charge is -2.14. The summed E-state index contributed by atoms with van der Waals surface area (Å²) in [6.07, 6.45) is 2.61. The molecule has 0 aliphatic heterocycles. The quantitative estimate of drug-likeness (QED) is 0.0573. The summed E-state index contributed by atoms with van der Waals surface area (Å²) in [6.45, 7) is 12.6. The van der Waals surface area contributed by atoms with E-state index in [9.17, 15) is 19.6 Å². The molecule has 5 aromatic heterocycles. The summed E-state index contributed by atoms with van der Waals surface area (Å²) in [7, 11) is 4.29. The number of methoxy groups -OCH3 is 1. The minimum Gasteiger partial charge on any atom is -0.465 e. The van der Waals surface area contributed by atoms with Crippen molar-refractivity contribution in [2.75, 3.05) is 18.6 Å². The summed E-state index contributed by atoms with van der Waals surface area (Å²) in [5.41, 5.74) is 13.8. The second-order valence-corrected chi connectivity index (χ2v) is 10.2. The van der Waals surface area contributed by atoms with Gasteiger partial charge in [-0.3, -0.25) is 9.59 Å². The third-order valence-electron chi connectivity index (χ3n) is 7.21. The molecule has 0 atom stereocenters. The minimum atomic E-state index is -0.839. The number of ketones is 1. The minimum absolute atomic E-state index is 0.00132. The molecule has 0 aliphatic carbocycles. The van der Waals surface area contributed by atoms with Crippen LogP contribution in [-0.2, 0) is 23.6 Å². The lowest BCUT2D eigenvalue weighted by Crippen LogP contribution is -2.12. The highest BCUT2D eigenvalue weighted by atomic mass is 16.5. The van der Waals surface area contributed by atoms with Gasteiger partial charge in [0, 0.05) is 14.1 Å². The number of pyridine rings is 1. The highest BCUT2D eigenvalue weighted by Crippen LogP contribution is 2.38. The van der Waals surface area contributed by atoms with Crippen LogP contribution in [0.4, 0.5) is 40.3 Å². The maximum atomic E-state index is 12.2. The molecule has 5 heterocycles. The van der Waals surface area contributed by atoms with Crippen molar-refractivity contribution in [1.82, 2.24) is 44.1 Å². The van der Waals surface area contributed by atoms with Crippen molar-refractivity contribution >= 4 is 58.4 Å². The monoisotopic (exact) mass is 663 g/mol. The number of Topliss-reactive ketones (excluding diaryl/α,β-unsaturated/α-hetero) is 1. The Morgan fingerprint density at radius 1 is 0.918 bits per heavy atom. The molecule has 0 unspecified atom stereocenters. The lowest BCUT2D eigenvalue weighted by molar-refractivity contribution is -0.104. The number of ether oxygens (including phenoxy) is 1. The van der Waals surface area contributed by atoms with Crippen LogP contribution in [0.15, 0.2) is 32.9 Å². The molecule has 5 aromatic rings. The van der Waals surface area contributed by atoms with E-state index in [0.717, 1.165) is 4.68 Å². The lowest BCUT2D eigenvalue weighted by atomic mass is 10.1. The molecule has 5 rings (SSSR count). The molecule has 0 bridgehead atoms. The zero-order valence-electron chi connectivity index (χ0n) is 26.7. The molecule has 0 saturated heterocycles. The Morgan fingerprint density at radius 3 is 1.92 bits per heavy atom. The summed E-state index contributed by atoms with van der Waals surface area (Å²) in [4.78, 5) is 43.4. The Labute approximate surface area is 275 Å². The van der Waals surface area contributed by atoms with Gasteiger partial charge < -0.3 is 16.2 Å². The molecule has 21 nitrogen and oxygen atoms in total. The number of hydrogen-bond acceptors (Lipinski definition) is 16. The summed E-state index contributed by atoms with van der Waals surface area (Å²) in [6, 6.07) is 2.05. The Bertz CT molecular complexity index is 2340. The van der Waals surface area contributed by atoms with E-state index in [1.165, 1.54) is 40.6 Å². The predicted octanol–water partition coefficient (Wildman–Crippen LogP) is 3.43. The van der Waals surface area contributed by atoms with Gasteiger partial charge in [0.25, 0.3) is 0 Å². The molecule has 0 aliphatic rings. The van der Waals surface area contributed by atoms with E-state index < -0.39 is 11.8 Å². The summed E-state index contributed by atoms with van der Waals surface area (Å²) < 4.78 is 9.67. The fraction of sp³-hybridized carbons (Fsp3) is 0.214. The first-order chi connectivity index (χ1) is 23.4. The topological polar surface area (TPSA) is 274 Å². The van der Waals surface area contributed by atoms with Crippen LogP contribution in [0.25, 0.3) is 16.5 Å². The second kappa shape index (κ2) is 12.8. The van der Waals surface area contributed by atoms with Crippen LogP contribution in [0.2, 0.25) is 0 Å². The van der Waals surface area contributed by atoms with Crippen molar-refractivity contribution in [2.24, 2.45) is 34.6 Å². The highest BCUT2D eigenvalue weighted by Gasteiger charge is 2.27. The zero-order valence-corrected chi connectivity index (χ0v) is 26.7. The smallest absolute Gasteiger partial charge is 0.343 e. The number of azo groups is 2. The molecule has 49 heavy (non-hydrogen) atoms. The van der Waals surface area contributed by atoms with Crippen molar-refractivity contribution in [3.8, 4) is 17.7 Å². The number of rotatable bonds is 9. The van der Waals surface area contributed by atoms with Crippen LogP contribution in [0.3, 0.4) is 0 Å². The SMILES string of the molecule is [C-]#[N+]c1c(-n2nc(C)c(N=Nc3c(C(=O)OC)cnn3C)c2N)nc(-n2nc(C)c(N=Nc3c(C(=O)C=O)cnn3C)c2N)c(C#N)c1C. The van der Waals surface area contributed by atoms with Gasteiger partial charge in [-0.05, 0) is 26.3 Å². The second-order valence-electron chi connectivity index (χ2n) is 10.2. The largest absolute Gasteiger partial charge is 0.465 e. The number of aldehydes is 1. The van der Waals surface area contributed by atoms with Crippen LogP contribution in [-0.4, -0.2) is 69.3 Å². The van der Waals surface area contributed by atoms with Gasteiger partial charge >= 0.3 is 5.97 Å². The molecular formula is C28H25N17O4. The first-order valence-electron chi connectivity index (χ1n) is 13.9. The first-order valence-corrected chi connectivity index (χ1v) is 13.9. The van der Waals surface area contributed by atoms with Crippen LogP contribution in [0, 0.1) is 38.7 Å². The van der Waals surface area contributed by atoms with Gasteiger partial charge in [0.1, 0.15) is 11.6 Å². The number of aryl methyl sites for hydroxylation is 4. The maximum absolute atomic E-state index is 12.2. The molecule has 0 spiro atoms. The number of carbonyl (C=O) groups is 3. The Balaban J connectivity index is 1.64. The fourth-order valence-corrected chi connectivity index (χ4v) is 4.66. The van der Waals surface area contributed by atoms with Crippen LogP contribution < -0.4 is 11.5 Å². The number of carbonyl (C=O) groups excluding carboxylic acids is 3. The normalized spacial score (nSPS) is 11.3. The molecule has 0 aromatic carbocycles. The standard InChI is InChI=1S/C28H25N17O4/c1-12-15(8-29)24(44-22(30)20(13(2)40-44)36-38-25-16(18(47)11-46)9-33-42(25)5)35-27(19(12)32-4)45-23(31)21(14(3)41-45)37-39-26-17(28(48)49-7)10-34-43(26)6/h9-11H,30-31H2,1-3,5-7H3. The molecule has 0 fully saturated rings. The molecule has 0 amide bonds. The summed E-state index contributed by atoms with van der Waals surface area (Å²) >= 11 is 0. The Morgan fingerprint density at radius 2 is 1.43 bits per heavy atom. The number of nitrogens with zero attached hydrogens (tertiary/aromatic N) is 15. The average molecular weight is 664 g/mol. The van der Waals surface area contributed by atoms with Gasteiger partial charge in [-0.1, -0.05) is 0 Å². The van der Waals surface area contributed by atoms with Crippen molar-refractivity contribution in [2.45, 2.75) is 20.8 Å². The third kappa shape index (κ3) is 5.52. The molecule has 21 heteroatoms. The highest BCUT2D eigenvalue weighted by molar-refractivity contribution is 6.34. The van der Waals surface area contributed by atoms with Gasteiger partial charge in [-0.15, -0.1) is 20.5 Å². The molecular weight excluding hydrogens is 638 g/mol. The van der Waals surface area contributed by atoms with Crippen molar-refractivity contribution in [1.29, 1.82) is 5.26 Å². The van der Waals surface area contributed by atoms with Gasteiger partial charge in [0.05, 0.1) is 48.6 Å². The third-order valence-corrected chi connectivity index (χ3v) is 7.21. The van der Waals surface area contributed by atoms with Gasteiger partial charge in [0.15, 0.2) is 52.6 Å². The van der Waals surface area contributed by atoms with E-state index in [2.05, 4.69) is 56.7 Å². The summed E-state index contributed by atoms with van der Waals surface area (Å²) in [5.74, 6) is -1.70. The van der Waals surface area contributed by atoms with E-state index in [4.69, 9.17) is 22.8 Å². The van der Waals surface area contributed by atoms with E-state index >= 15 is 0 Å². The molecule has 0 radical (unpaired) electrons. The van der Waals surface area contributed by atoms with E-state index in [1.54, 1.807) is 27.8 Å². The van der Waals surface area contributed by atoms with Crippen molar-refractivity contribution < 1.29 is 19.1 Å². The van der Waals surface area contributed by atoms with Crippen LogP contribution >= 0.6 is 0 Å². The number of hydrogen-bond donors (Lipinski definition) is 2. The first kappa shape index (κ1) is 33.0. The average Bonchev–Trinajstić information content (AvgIpc) is 3.81. The van der Waals surface area contributed by atoms with Gasteiger partial charge in [-0.2, -0.15) is 30.3 Å². The zero-order chi connectivity index (χ0) is 35.7. The van der Waals surface area contributed by atoms with E-state index in [0.29, 0.717) is 5.69 Å². The molecule has 0 saturated carbocycles. The Kier molecular flexibility index (Phi) is 8.58. The van der Waals surface area contributed by atoms with Gasteiger partial charge in [0.2, 0.25) is 11.5 Å². The number of anilines is 2. The number of nitrogen functional groups attached to an aromatic ring is 2. The van der Waals surface area contributed by atoms with E-state index in [-0.39, 0.29) is 86.2 Å². The number of nitriles is 1. The predicted molar refractivity (Wildman–Crippen MR) is 169 cm³/mol. The van der Waals surface area contributed by atoms with Crippen molar-refractivity contribution in [3.05, 3.63) is 57.5 Å². The summed E-state index contributed by atoms with van der Waals surface area (Å²) in [5, 5.41) is 43.5. The van der Waals surface area contributed by atoms with Crippen LogP contribution in [0.5, 0.6) is 0 Å². The Hall–Kier alpha value is -7.42. The van der Waals surface area contributed by atoms with Gasteiger partial charge in [-0.25, -0.2) is 28.7 Å². The van der Waals surface area contributed by atoms with Crippen molar-refractivity contribution in [3.63, 3.8) is 0 Å². The number of nitrogens with two attached hydrogens (primary N) is 2. The maximum Gasteiger partial charge on any atom is 0.343 e. The number of aromatic nitrogens is 9. The fourth-order valence-electron chi connectivity index (χ4n) is 4.66. The van der Waals surface area contributed by atoms with E-state index in [1.807, 2.05) is 0 Å². The molecule has 4 N–H and O–H groups in total.